The third kappa shape index (κ3) is 4.26. The van der Waals surface area contributed by atoms with Crippen molar-refractivity contribution in [1.82, 2.24) is 10.2 Å². The van der Waals surface area contributed by atoms with E-state index >= 15 is 0 Å². The van der Waals surface area contributed by atoms with Gasteiger partial charge in [0.05, 0.1) is 13.7 Å². The van der Waals surface area contributed by atoms with Crippen LogP contribution < -0.4 is 10.1 Å². The molecule has 6 nitrogen and oxygen atoms in total. The maximum atomic E-state index is 12.3. The topological polar surface area (TPSA) is 78.9 Å². The molecule has 1 unspecified atom stereocenters. The molecule has 2 amide bonds. The molecule has 1 aliphatic heterocycles. The van der Waals surface area contributed by atoms with Crippen molar-refractivity contribution in [3.8, 4) is 5.75 Å². The summed E-state index contributed by atoms with van der Waals surface area (Å²) in [6.07, 6.45) is 1.65. The van der Waals surface area contributed by atoms with E-state index in [1.165, 1.54) is 11.8 Å². The lowest BCUT2D eigenvalue weighted by molar-refractivity contribution is -0.150. The van der Waals surface area contributed by atoms with Crippen LogP contribution in [0.1, 0.15) is 30.9 Å². The summed E-state index contributed by atoms with van der Waals surface area (Å²) in [6.45, 7) is 4.51. The molecular weight excluding hydrogens is 308 g/mol. The number of ether oxygens (including phenoxy) is 1. The maximum Gasteiger partial charge on any atom is 0.253 e. The lowest BCUT2D eigenvalue weighted by Gasteiger charge is -2.37. The molecule has 1 aromatic carbocycles. The molecule has 1 atom stereocenters. The highest BCUT2D eigenvalue weighted by Gasteiger charge is 2.40. The van der Waals surface area contributed by atoms with E-state index < -0.39 is 11.5 Å². The first-order chi connectivity index (χ1) is 11.4. The molecule has 0 spiro atoms. The van der Waals surface area contributed by atoms with Crippen molar-refractivity contribution in [2.75, 3.05) is 26.7 Å². The van der Waals surface area contributed by atoms with Gasteiger partial charge in [0.25, 0.3) is 5.91 Å². The van der Waals surface area contributed by atoms with Crippen molar-refractivity contribution in [2.24, 2.45) is 0 Å². The predicted octanol–water partition coefficient (Wildman–Crippen LogP) is 1.04. The smallest absolute Gasteiger partial charge is 0.253 e. The molecule has 0 radical (unpaired) electrons. The molecule has 24 heavy (non-hydrogen) atoms. The fourth-order valence-corrected chi connectivity index (χ4v) is 3.00. The molecule has 0 bridgehead atoms. The maximum absolute atomic E-state index is 12.3. The van der Waals surface area contributed by atoms with E-state index in [2.05, 4.69) is 5.32 Å². The van der Waals surface area contributed by atoms with Crippen molar-refractivity contribution in [3.05, 3.63) is 29.3 Å². The molecule has 6 heteroatoms. The number of carbonyl (C=O) groups is 2. The third-order valence-corrected chi connectivity index (χ3v) is 4.51. The minimum atomic E-state index is -1.49. The zero-order valence-corrected chi connectivity index (χ0v) is 14.6. The molecule has 1 heterocycles. The van der Waals surface area contributed by atoms with E-state index in [1.54, 1.807) is 7.11 Å². The molecule has 1 aromatic rings. The van der Waals surface area contributed by atoms with Crippen molar-refractivity contribution in [3.63, 3.8) is 0 Å². The van der Waals surface area contributed by atoms with Crippen LogP contribution in [0.5, 0.6) is 5.75 Å². The van der Waals surface area contributed by atoms with Gasteiger partial charge in [0.15, 0.2) is 5.60 Å². The van der Waals surface area contributed by atoms with Gasteiger partial charge in [0.2, 0.25) is 5.91 Å². The van der Waals surface area contributed by atoms with Crippen LogP contribution in [0.25, 0.3) is 0 Å². The summed E-state index contributed by atoms with van der Waals surface area (Å²) in [5.41, 5.74) is 0.624. The number of rotatable bonds is 5. The Bertz CT molecular complexity index is 617. The number of carbonyl (C=O) groups excluding carboxylic acids is 2. The Morgan fingerprint density at radius 3 is 2.83 bits per heavy atom. The summed E-state index contributed by atoms with van der Waals surface area (Å²) >= 11 is 0. The average molecular weight is 334 g/mol. The van der Waals surface area contributed by atoms with Crippen molar-refractivity contribution in [2.45, 2.75) is 38.7 Å². The standard InChI is InChI=1S/C18H26N2O4/c1-13-5-6-15(11-16(13)24-3)7-9-19-17(22)18(23)8-4-10-20(12-18)14(2)21/h5-6,11,23H,4,7-10,12H2,1-3H3,(H,19,22). The van der Waals surface area contributed by atoms with Crippen LogP contribution in [-0.2, 0) is 16.0 Å². The summed E-state index contributed by atoms with van der Waals surface area (Å²) < 4.78 is 5.29. The van der Waals surface area contributed by atoms with E-state index in [0.29, 0.717) is 32.4 Å². The molecule has 132 valence electrons. The molecule has 0 aromatic heterocycles. The number of hydrogen-bond acceptors (Lipinski definition) is 4. The van der Waals surface area contributed by atoms with Crippen LogP contribution in [0.2, 0.25) is 0 Å². The first-order valence-corrected chi connectivity index (χ1v) is 8.25. The minimum Gasteiger partial charge on any atom is -0.496 e. The monoisotopic (exact) mass is 334 g/mol. The summed E-state index contributed by atoms with van der Waals surface area (Å²) in [5.74, 6) is 0.294. The Balaban J connectivity index is 1.89. The minimum absolute atomic E-state index is 0.0620. The summed E-state index contributed by atoms with van der Waals surface area (Å²) in [4.78, 5) is 25.3. The number of amides is 2. The lowest BCUT2D eigenvalue weighted by Crippen LogP contribution is -2.58. The number of methoxy groups -OCH3 is 1. The fraction of sp³-hybridized carbons (Fsp3) is 0.556. The summed E-state index contributed by atoms with van der Waals surface area (Å²) in [5, 5.41) is 13.3. The molecule has 1 aliphatic rings. The molecular formula is C18H26N2O4. The van der Waals surface area contributed by atoms with Gasteiger partial charge in [-0.1, -0.05) is 12.1 Å². The van der Waals surface area contributed by atoms with Gasteiger partial charge >= 0.3 is 0 Å². The van der Waals surface area contributed by atoms with Crippen LogP contribution in [0.4, 0.5) is 0 Å². The van der Waals surface area contributed by atoms with E-state index in [0.717, 1.165) is 16.9 Å². The number of β-amino-alcohol motifs (C(OH)–C–C–N with tert-alkyl or cyclic N) is 1. The van der Waals surface area contributed by atoms with Crippen molar-refractivity contribution in [1.29, 1.82) is 0 Å². The van der Waals surface area contributed by atoms with Crippen LogP contribution in [0.3, 0.4) is 0 Å². The van der Waals surface area contributed by atoms with E-state index in [4.69, 9.17) is 4.74 Å². The zero-order chi connectivity index (χ0) is 17.7. The highest BCUT2D eigenvalue weighted by atomic mass is 16.5. The molecule has 1 fully saturated rings. The van der Waals surface area contributed by atoms with Gasteiger partial charge < -0.3 is 20.1 Å². The second-order valence-electron chi connectivity index (χ2n) is 6.39. The number of likely N-dealkylation sites (tertiary alicyclic amines) is 1. The van der Waals surface area contributed by atoms with Gasteiger partial charge in [-0.3, -0.25) is 9.59 Å². The Kier molecular flexibility index (Phi) is 5.83. The number of nitrogens with zero attached hydrogens (tertiary/aromatic N) is 1. The van der Waals surface area contributed by atoms with Gasteiger partial charge in [-0.15, -0.1) is 0 Å². The number of piperidine rings is 1. The van der Waals surface area contributed by atoms with Gasteiger partial charge in [-0.05, 0) is 43.4 Å². The number of aryl methyl sites for hydroxylation is 1. The van der Waals surface area contributed by atoms with Crippen molar-refractivity contribution < 1.29 is 19.4 Å². The predicted molar refractivity (Wildman–Crippen MR) is 90.9 cm³/mol. The molecule has 0 saturated carbocycles. The Morgan fingerprint density at radius 2 is 2.17 bits per heavy atom. The highest BCUT2D eigenvalue weighted by molar-refractivity contribution is 5.86. The molecule has 1 saturated heterocycles. The Labute approximate surface area is 142 Å². The zero-order valence-electron chi connectivity index (χ0n) is 14.6. The van der Waals surface area contributed by atoms with Gasteiger partial charge in [-0.2, -0.15) is 0 Å². The normalized spacial score (nSPS) is 20.6. The van der Waals surface area contributed by atoms with Gasteiger partial charge in [0, 0.05) is 20.0 Å². The molecule has 2 rings (SSSR count). The van der Waals surface area contributed by atoms with E-state index in [1.807, 2.05) is 25.1 Å². The Hall–Kier alpha value is -2.08. The van der Waals surface area contributed by atoms with Crippen LogP contribution in [0, 0.1) is 6.92 Å². The molecule has 0 aliphatic carbocycles. The van der Waals surface area contributed by atoms with Crippen LogP contribution >= 0.6 is 0 Å². The summed E-state index contributed by atoms with van der Waals surface area (Å²) in [7, 11) is 1.63. The number of benzene rings is 1. The van der Waals surface area contributed by atoms with E-state index in [9.17, 15) is 14.7 Å². The average Bonchev–Trinajstić information content (AvgIpc) is 2.56. The van der Waals surface area contributed by atoms with Gasteiger partial charge in [-0.25, -0.2) is 0 Å². The third-order valence-electron chi connectivity index (χ3n) is 4.51. The quantitative estimate of drug-likeness (QED) is 0.843. The summed E-state index contributed by atoms with van der Waals surface area (Å²) in [6, 6.07) is 5.93. The highest BCUT2D eigenvalue weighted by Crippen LogP contribution is 2.22. The van der Waals surface area contributed by atoms with Gasteiger partial charge in [0.1, 0.15) is 5.75 Å². The van der Waals surface area contributed by atoms with Crippen LogP contribution in [0.15, 0.2) is 18.2 Å². The largest absolute Gasteiger partial charge is 0.496 e. The second-order valence-corrected chi connectivity index (χ2v) is 6.39. The first kappa shape index (κ1) is 18.3. The SMILES string of the molecule is COc1cc(CCNC(=O)C2(O)CCCN(C(C)=O)C2)ccc1C. The second kappa shape index (κ2) is 7.66. The Morgan fingerprint density at radius 1 is 1.42 bits per heavy atom. The molecule has 2 N–H and O–H groups in total. The van der Waals surface area contributed by atoms with Crippen LogP contribution in [-0.4, -0.2) is 54.2 Å². The first-order valence-electron chi connectivity index (χ1n) is 8.25. The lowest BCUT2D eigenvalue weighted by atomic mass is 9.91. The van der Waals surface area contributed by atoms with Crippen molar-refractivity contribution >= 4 is 11.8 Å². The van der Waals surface area contributed by atoms with E-state index in [-0.39, 0.29) is 12.5 Å². The number of nitrogens with one attached hydrogen (secondary N) is 1. The fourth-order valence-electron chi connectivity index (χ4n) is 3.00. The number of hydrogen-bond donors (Lipinski definition) is 2. The number of aliphatic hydroxyl groups is 1.